The van der Waals surface area contributed by atoms with Crippen LogP contribution in [-0.2, 0) is 10.3 Å². The van der Waals surface area contributed by atoms with E-state index in [2.05, 4.69) is 24.0 Å². The van der Waals surface area contributed by atoms with E-state index in [9.17, 15) is 5.11 Å². The Morgan fingerprint density at radius 3 is 2.38 bits per heavy atom. The van der Waals surface area contributed by atoms with Crippen LogP contribution in [0.3, 0.4) is 0 Å². The molecule has 0 bridgehead atoms. The summed E-state index contributed by atoms with van der Waals surface area (Å²) in [6, 6.07) is 18.3. The predicted molar refractivity (Wildman–Crippen MR) is 117 cm³/mol. The molecule has 2 atom stereocenters. The maximum atomic E-state index is 11.7. The van der Waals surface area contributed by atoms with Crippen molar-refractivity contribution in [1.29, 1.82) is 0 Å². The SMILES string of the molecule is CCCCCOc1ccc([C@](C)(O)[C@@H](CN2CCOCC2)c2ccccc2)cc1. The monoisotopic (exact) mass is 397 g/mol. The van der Waals surface area contributed by atoms with Crippen molar-refractivity contribution in [3.05, 3.63) is 65.7 Å². The van der Waals surface area contributed by atoms with Crippen LogP contribution in [0.15, 0.2) is 54.6 Å². The molecule has 0 aromatic heterocycles. The molecular weight excluding hydrogens is 362 g/mol. The Balaban J connectivity index is 1.76. The smallest absolute Gasteiger partial charge is 0.119 e. The average molecular weight is 398 g/mol. The molecule has 4 heteroatoms. The third-order valence-electron chi connectivity index (χ3n) is 5.88. The Bertz CT molecular complexity index is 709. The highest BCUT2D eigenvalue weighted by Crippen LogP contribution is 2.38. The molecule has 0 saturated carbocycles. The fourth-order valence-electron chi connectivity index (χ4n) is 3.97. The maximum Gasteiger partial charge on any atom is 0.119 e. The molecule has 0 aliphatic carbocycles. The lowest BCUT2D eigenvalue weighted by molar-refractivity contribution is -0.0107. The van der Waals surface area contributed by atoms with Gasteiger partial charge in [-0.3, -0.25) is 4.90 Å². The first-order valence-corrected chi connectivity index (χ1v) is 10.9. The summed E-state index contributed by atoms with van der Waals surface area (Å²) in [4.78, 5) is 2.39. The van der Waals surface area contributed by atoms with Gasteiger partial charge in [0.2, 0.25) is 0 Å². The number of aliphatic hydroxyl groups is 1. The minimum absolute atomic E-state index is 0.0295. The highest BCUT2D eigenvalue weighted by atomic mass is 16.5. The lowest BCUT2D eigenvalue weighted by Gasteiger charge is -2.38. The Kier molecular flexibility index (Phi) is 8.10. The zero-order valence-corrected chi connectivity index (χ0v) is 17.8. The third kappa shape index (κ3) is 6.05. The van der Waals surface area contributed by atoms with E-state index >= 15 is 0 Å². The van der Waals surface area contributed by atoms with Crippen molar-refractivity contribution in [3.8, 4) is 5.75 Å². The lowest BCUT2D eigenvalue weighted by Crippen LogP contribution is -2.43. The van der Waals surface area contributed by atoms with Crippen LogP contribution < -0.4 is 4.74 Å². The molecule has 29 heavy (non-hydrogen) atoms. The second-order valence-electron chi connectivity index (χ2n) is 8.10. The van der Waals surface area contributed by atoms with Gasteiger partial charge in [0, 0.05) is 25.6 Å². The normalized spacial score (nSPS) is 18.2. The molecule has 1 heterocycles. The van der Waals surface area contributed by atoms with Gasteiger partial charge in [-0.1, -0.05) is 62.2 Å². The first-order valence-electron chi connectivity index (χ1n) is 10.9. The van der Waals surface area contributed by atoms with Crippen molar-refractivity contribution in [2.45, 2.75) is 44.6 Å². The molecule has 2 aromatic carbocycles. The van der Waals surface area contributed by atoms with Gasteiger partial charge in [-0.05, 0) is 36.6 Å². The molecule has 1 saturated heterocycles. The van der Waals surface area contributed by atoms with E-state index in [0.717, 1.165) is 62.8 Å². The summed E-state index contributed by atoms with van der Waals surface area (Å²) in [6.07, 6.45) is 3.45. The number of hydrogen-bond donors (Lipinski definition) is 1. The van der Waals surface area contributed by atoms with Crippen molar-refractivity contribution in [3.63, 3.8) is 0 Å². The molecule has 4 nitrogen and oxygen atoms in total. The lowest BCUT2D eigenvalue weighted by atomic mass is 9.78. The molecule has 1 aliphatic rings. The molecule has 158 valence electrons. The molecular formula is C25H35NO3. The molecule has 0 spiro atoms. The van der Waals surface area contributed by atoms with E-state index in [1.54, 1.807) is 0 Å². The van der Waals surface area contributed by atoms with Gasteiger partial charge >= 0.3 is 0 Å². The average Bonchev–Trinajstić information content (AvgIpc) is 2.77. The van der Waals surface area contributed by atoms with Gasteiger partial charge in [0.15, 0.2) is 0 Å². The Hall–Kier alpha value is -1.88. The second kappa shape index (κ2) is 10.8. The van der Waals surface area contributed by atoms with E-state index < -0.39 is 5.60 Å². The highest BCUT2D eigenvalue weighted by molar-refractivity contribution is 5.35. The fourth-order valence-corrected chi connectivity index (χ4v) is 3.97. The molecule has 2 aromatic rings. The van der Waals surface area contributed by atoms with Gasteiger partial charge in [0.05, 0.1) is 25.4 Å². The summed E-state index contributed by atoms with van der Waals surface area (Å²) < 4.78 is 11.3. The van der Waals surface area contributed by atoms with Gasteiger partial charge in [-0.25, -0.2) is 0 Å². The largest absolute Gasteiger partial charge is 0.494 e. The van der Waals surface area contributed by atoms with Gasteiger partial charge in [-0.2, -0.15) is 0 Å². The van der Waals surface area contributed by atoms with Gasteiger partial charge < -0.3 is 14.6 Å². The quantitative estimate of drug-likeness (QED) is 0.596. The summed E-state index contributed by atoms with van der Waals surface area (Å²) in [5.74, 6) is 0.836. The highest BCUT2D eigenvalue weighted by Gasteiger charge is 2.36. The Morgan fingerprint density at radius 2 is 1.72 bits per heavy atom. The van der Waals surface area contributed by atoms with Gasteiger partial charge in [0.25, 0.3) is 0 Å². The summed E-state index contributed by atoms with van der Waals surface area (Å²) in [7, 11) is 0. The van der Waals surface area contributed by atoms with Crippen LogP contribution >= 0.6 is 0 Å². The van der Waals surface area contributed by atoms with E-state index in [0.29, 0.717) is 0 Å². The third-order valence-corrected chi connectivity index (χ3v) is 5.88. The van der Waals surface area contributed by atoms with E-state index in [-0.39, 0.29) is 5.92 Å². The number of rotatable bonds is 10. The predicted octanol–water partition coefficient (Wildman–Crippen LogP) is 4.58. The molecule has 0 unspecified atom stereocenters. The number of nitrogens with zero attached hydrogens (tertiary/aromatic N) is 1. The van der Waals surface area contributed by atoms with Crippen molar-refractivity contribution in [2.75, 3.05) is 39.5 Å². The fraction of sp³-hybridized carbons (Fsp3) is 0.520. The summed E-state index contributed by atoms with van der Waals surface area (Å²) >= 11 is 0. The molecule has 3 rings (SSSR count). The van der Waals surface area contributed by atoms with Gasteiger partial charge in [0.1, 0.15) is 5.75 Å². The number of benzene rings is 2. The van der Waals surface area contributed by atoms with Crippen LogP contribution in [0.4, 0.5) is 0 Å². The molecule has 1 fully saturated rings. The van der Waals surface area contributed by atoms with E-state index in [4.69, 9.17) is 9.47 Å². The summed E-state index contributed by atoms with van der Waals surface area (Å²) in [5, 5.41) is 11.7. The van der Waals surface area contributed by atoms with Crippen molar-refractivity contribution < 1.29 is 14.6 Å². The number of unbranched alkanes of at least 4 members (excludes halogenated alkanes) is 2. The summed E-state index contributed by atoms with van der Waals surface area (Å²) in [5.41, 5.74) is 1.09. The molecule has 1 aliphatic heterocycles. The minimum atomic E-state index is -0.986. The molecule has 0 radical (unpaired) electrons. The van der Waals surface area contributed by atoms with E-state index in [1.165, 1.54) is 12.8 Å². The Labute approximate surface area is 175 Å². The second-order valence-corrected chi connectivity index (χ2v) is 8.10. The van der Waals surface area contributed by atoms with Crippen LogP contribution in [0.2, 0.25) is 0 Å². The van der Waals surface area contributed by atoms with Crippen LogP contribution in [0.1, 0.15) is 50.2 Å². The molecule has 0 amide bonds. The van der Waals surface area contributed by atoms with Crippen LogP contribution in [0.5, 0.6) is 5.75 Å². The Morgan fingerprint density at radius 1 is 1.03 bits per heavy atom. The minimum Gasteiger partial charge on any atom is -0.494 e. The first-order chi connectivity index (χ1) is 14.1. The van der Waals surface area contributed by atoms with Gasteiger partial charge in [-0.15, -0.1) is 0 Å². The topological polar surface area (TPSA) is 41.9 Å². The number of morpholine rings is 1. The molecule has 1 N–H and O–H groups in total. The summed E-state index contributed by atoms with van der Waals surface area (Å²) in [6.45, 7) is 9.00. The van der Waals surface area contributed by atoms with Crippen molar-refractivity contribution in [1.82, 2.24) is 4.90 Å². The van der Waals surface area contributed by atoms with E-state index in [1.807, 2.05) is 49.4 Å². The van der Waals surface area contributed by atoms with Crippen LogP contribution in [-0.4, -0.2) is 49.5 Å². The first kappa shape index (κ1) is 21.8. The van der Waals surface area contributed by atoms with Crippen LogP contribution in [0, 0.1) is 0 Å². The van der Waals surface area contributed by atoms with Crippen molar-refractivity contribution >= 4 is 0 Å². The van der Waals surface area contributed by atoms with Crippen molar-refractivity contribution in [2.24, 2.45) is 0 Å². The standard InChI is InChI=1S/C25H35NO3/c1-3-4-8-17-29-23-13-11-22(12-14-23)25(2,27)24(21-9-6-5-7-10-21)20-26-15-18-28-19-16-26/h5-7,9-14,24,27H,3-4,8,15-20H2,1-2H3/t24-,25-/m0/s1. The number of ether oxygens (including phenoxy) is 2. The zero-order valence-electron chi connectivity index (χ0n) is 17.8. The van der Waals surface area contributed by atoms with Crippen LogP contribution in [0.25, 0.3) is 0 Å². The number of hydrogen-bond acceptors (Lipinski definition) is 4. The maximum absolute atomic E-state index is 11.7. The zero-order chi connectivity index (χ0) is 20.5.